The summed E-state index contributed by atoms with van der Waals surface area (Å²) in [5.41, 5.74) is 7.58. The van der Waals surface area contributed by atoms with Gasteiger partial charge in [0.25, 0.3) is 0 Å². The molecule has 8 nitrogen and oxygen atoms in total. The zero-order valence-corrected chi connectivity index (χ0v) is 14.0. The average Bonchev–Trinajstić information content (AvgIpc) is 3.09. The molecule has 0 fully saturated rings. The Labute approximate surface area is 150 Å². The van der Waals surface area contributed by atoms with Crippen LogP contribution in [0.15, 0.2) is 54.6 Å². The number of carboxylic acids is 1. The van der Waals surface area contributed by atoms with Crippen LogP contribution in [0.25, 0.3) is 11.4 Å². The first-order valence-electron chi connectivity index (χ1n) is 8.12. The molecule has 0 bridgehead atoms. The lowest BCUT2D eigenvalue weighted by Crippen LogP contribution is -2.30. The van der Waals surface area contributed by atoms with Gasteiger partial charge in [-0.25, -0.2) is 0 Å². The molecule has 0 amide bonds. The monoisotopic (exact) mass is 353 g/mol. The molecule has 134 valence electrons. The van der Waals surface area contributed by atoms with Crippen LogP contribution in [0.3, 0.4) is 0 Å². The van der Waals surface area contributed by atoms with Gasteiger partial charge in [-0.1, -0.05) is 42.5 Å². The van der Waals surface area contributed by atoms with Crippen LogP contribution in [-0.2, 0) is 17.9 Å². The molecule has 0 radical (unpaired) electrons. The number of ether oxygens (including phenoxy) is 1. The molecule has 0 aliphatic heterocycles. The molecular weight excluding hydrogens is 334 g/mol. The molecule has 0 aliphatic carbocycles. The Kier molecular flexibility index (Phi) is 5.55. The van der Waals surface area contributed by atoms with Crippen LogP contribution in [0.1, 0.15) is 12.0 Å². The van der Waals surface area contributed by atoms with Crippen molar-refractivity contribution in [3.8, 4) is 17.1 Å². The minimum Gasteiger partial charge on any atom is -0.489 e. The summed E-state index contributed by atoms with van der Waals surface area (Å²) < 4.78 is 5.80. The van der Waals surface area contributed by atoms with Gasteiger partial charge in [0.05, 0.1) is 13.0 Å². The zero-order valence-electron chi connectivity index (χ0n) is 14.0. The van der Waals surface area contributed by atoms with E-state index in [9.17, 15) is 4.79 Å². The molecule has 26 heavy (non-hydrogen) atoms. The number of hydrogen-bond acceptors (Lipinski definition) is 6. The summed E-state index contributed by atoms with van der Waals surface area (Å²) in [5, 5.41) is 20.9. The highest BCUT2D eigenvalue weighted by atomic mass is 16.5. The third-order valence-corrected chi connectivity index (χ3v) is 3.63. The molecule has 2 aromatic carbocycles. The Morgan fingerprint density at radius 3 is 2.77 bits per heavy atom. The van der Waals surface area contributed by atoms with Crippen LogP contribution in [-0.4, -0.2) is 37.3 Å². The lowest BCUT2D eigenvalue weighted by molar-refractivity contribution is -0.137. The minimum atomic E-state index is -0.957. The molecule has 0 spiro atoms. The summed E-state index contributed by atoms with van der Waals surface area (Å²) in [5.74, 6) is 0.170. The maximum absolute atomic E-state index is 10.7. The normalized spacial score (nSPS) is 11.9. The van der Waals surface area contributed by atoms with Crippen molar-refractivity contribution < 1.29 is 14.6 Å². The van der Waals surface area contributed by atoms with Gasteiger partial charge in [0.2, 0.25) is 5.82 Å². The van der Waals surface area contributed by atoms with Crippen LogP contribution in [0.2, 0.25) is 0 Å². The van der Waals surface area contributed by atoms with E-state index in [0.29, 0.717) is 18.2 Å². The fourth-order valence-corrected chi connectivity index (χ4v) is 2.40. The SMILES string of the molecule is N[C@H](CC(=O)O)Cn1nnc(-c2cccc(OCc3ccccc3)c2)n1. The molecule has 3 aromatic rings. The zero-order chi connectivity index (χ0) is 18.4. The number of aliphatic carboxylic acids is 1. The van der Waals surface area contributed by atoms with Gasteiger partial charge >= 0.3 is 5.97 Å². The van der Waals surface area contributed by atoms with E-state index >= 15 is 0 Å². The Hall–Kier alpha value is -3.26. The lowest BCUT2D eigenvalue weighted by Gasteiger charge is -2.07. The van der Waals surface area contributed by atoms with Gasteiger partial charge in [0.1, 0.15) is 12.4 Å². The van der Waals surface area contributed by atoms with Crippen LogP contribution in [0.5, 0.6) is 5.75 Å². The number of hydrogen-bond donors (Lipinski definition) is 2. The molecule has 1 aromatic heterocycles. The number of aromatic nitrogens is 4. The molecule has 1 heterocycles. The molecular formula is C18H19N5O3. The standard InChI is InChI=1S/C18H19N5O3/c19-15(10-17(24)25)11-23-21-18(20-22-23)14-7-4-8-16(9-14)26-12-13-5-2-1-3-6-13/h1-9,15H,10-12,19H2,(H,24,25)/t15-/m1/s1. The van der Waals surface area contributed by atoms with Gasteiger partial charge < -0.3 is 15.6 Å². The molecule has 1 atom stereocenters. The summed E-state index contributed by atoms with van der Waals surface area (Å²) in [6.45, 7) is 0.651. The van der Waals surface area contributed by atoms with Gasteiger partial charge in [-0.2, -0.15) is 4.80 Å². The maximum atomic E-state index is 10.7. The number of tetrazole rings is 1. The largest absolute Gasteiger partial charge is 0.489 e. The Bertz CT molecular complexity index is 866. The first-order chi connectivity index (χ1) is 12.6. The van der Waals surface area contributed by atoms with Gasteiger partial charge in [-0.3, -0.25) is 4.79 Å². The van der Waals surface area contributed by atoms with E-state index in [4.69, 9.17) is 15.6 Å². The van der Waals surface area contributed by atoms with E-state index < -0.39 is 12.0 Å². The van der Waals surface area contributed by atoms with Crippen molar-refractivity contribution >= 4 is 5.97 Å². The number of carbonyl (C=O) groups is 1. The van der Waals surface area contributed by atoms with E-state index in [1.807, 2.05) is 54.6 Å². The molecule has 0 saturated heterocycles. The molecule has 0 saturated carbocycles. The van der Waals surface area contributed by atoms with Crippen molar-refractivity contribution in [2.45, 2.75) is 25.6 Å². The van der Waals surface area contributed by atoms with Crippen molar-refractivity contribution in [3.63, 3.8) is 0 Å². The summed E-state index contributed by atoms with van der Waals surface area (Å²) >= 11 is 0. The number of carboxylic acid groups (broad SMARTS) is 1. The highest BCUT2D eigenvalue weighted by Crippen LogP contribution is 2.21. The second-order valence-corrected chi connectivity index (χ2v) is 5.83. The van der Waals surface area contributed by atoms with Crippen LogP contribution in [0, 0.1) is 0 Å². The number of benzene rings is 2. The third-order valence-electron chi connectivity index (χ3n) is 3.63. The second kappa shape index (κ2) is 8.21. The van der Waals surface area contributed by atoms with Crippen molar-refractivity contribution in [3.05, 3.63) is 60.2 Å². The van der Waals surface area contributed by atoms with Gasteiger partial charge in [-0.15, -0.1) is 10.2 Å². The quantitative estimate of drug-likeness (QED) is 0.633. The highest BCUT2D eigenvalue weighted by molar-refractivity contribution is 5.67. The third kappa shape index (κ3) is 4.87. The Morgan fingerprint density at radius 2 is 2.00 bits per heavy atom. The second-order valence-electron chi connectivity index (χ2n) is 5.83. The van der Waals surface area contributed by atoms with E-state index in [0.717, 1.165) is 11.1 Å². The Balaban J connectivity index is 1.65. The minimum absolute atomic E-state index is 0.153. The van der Waals surface area contributed by atoms with Crippen molar-refractivity contribution in [1.29, 1.82) is 0 Å². The highest BCUT2D eigenvalue weighted by Gasteiger charge is 2.12. The fraction of sp³-hybridized carbons (Fsp3) is 0.222. The van der Waals surface area contributed by atoms with Gasteiger partial charge in [0, 0.05) is 11.6 Å². The van der Waals surface area contributed by atoms with Gasteiger partial charge in [0.15, 0.2) is 0 Å². The average molecular weight is 353 g/mol. The first kappa shape index (κ1) is 17.6. The number of nitrogens with zero attached hydrogens (tertiary/aromatic N) is 4. The molecule has 3 rings (SSSR count). The number of nitrogens with two attached hydrogens (primary N) is 1. The Morgan fingerprint density at radius 1 is 1.19 bits per heavy atom. The van der Waals surface area contributed by atoms with Crippen molar-refractivity contribution in [2.24, 2.45) is 5.73 Å². The van der Waals surface area contributed by atoms with Crippen molar-refractivity contribution in [1.82, 2.24) is 20.2 Å². The van der Waals surface area contributed by atoms with Crippen LogP contribution in [0.4, 0.5) is 0 Å². The fourth-order valence-electron chi connectivity index (χ4n) is 2.40. The molecule has 0 aliphatic rings. The van der Waals surface area contributed by atoms with Crippen molar-refractivity contribution in [2.75, 3.05) is 0 Å². The topological polar surface area (TPSA) is 116 Å². The smallest absolute Gasteiger partial charge is 0.304 e. The first-order valence-corrected chi connectivity index (χ1v) is 8.12. The maximum Gasteiger partial charge on any atom is 0.304 e. The van der Waals surface area contributed by atoms with E-state index in [1.165, 1.54) is 4.80 Å². The molecule has 3 N–H and O–H groups in total. The van der Waals surface area contributed by atoms with Crippen LogP contribution < -0.4 is 10.5 Å². The predicted octanol–water partition coefficient (Wildman–Crippen LogP) is 1.72. The number of rotatable bonds is 8. The lowest BCUT2D eigenvalue weighted by atomic mass is 10.2. The summed E-state index contributed by atoms with van der Waals surface area (Å²) in [7, 11) is 0. The summed E-state index contributed by atoms with van der Waals surface area (Å²) in [6.07, 6.45) is -0.153. The van der Waals surface area contributed by atoms with E-state index in [-0.39, 0.29) is 13.0 Å². The van der Waals surface area contributed by atoms with E-state index in [1.54, 1.807) is 0 Å². The predicted molar refractivity (Wildman–Crippen MR) is 94.3 cm³/mol. The van der Waals surface area contributed by atoms with Crippen LogP contribution >= 0.6 is 0 Å². The van der Waals surface area contributed by atoms with E-state index in [2.05, 4.69) is 15.4 Å². The molecule has 0 unspecified atom stereocenters. The molecule has 8 heteroatoms. The summed E-state index contributed by atoms with van der Waals surface area (Å²) in [4.78, 5) is 12.0. The summed E-state index contributed by atoms with van der Waals surface area (Å²) in [6, 6.07) is 16.7. The van der Waals surface area contributed by atoms with Gasteiger partial charge in [-0.05, 0) is 22.9 Å².